The summed E-state index contributed by atoms with van der Waals surface area (Å²) in [5, 5.41) is 0. The second-order valence-corrected chi connectivity index (χ2v) is 8.12. The molecule has 2 rings (SSSR count). The van der Waals surface area contributed by atoms with Gasteiger partial charge in [0.05, 0.1) is 0 Å². The third-order valence-corrected chi connectivity index (χ3v) is 5.74. The minimum absolute atomic E-state index is 0.0185. The normalized spacial score (nSPS) is 18.0. The lowest BCUT2D eigenvalue weighted by atomic mass is 9.94. The first-order valence-electron chi connectivity index (χ1n) is 6.98. The second kappa shape index (κ2) is 7.04. The van der Waals surface area contributed by atoms with E-state index in [0.717, 1.165) is 32.4 Å². The molecule has 0 amide bonds. The molecule has 0 unspecified atom stereocenters. The number of nitrogens with zero attached hydrogens (tertiary/aromatic N) is 2. The highest BCUT2D eigenvalue weighted by Crippen LogP contribution is 2.22. The zero-order chi connectivity index (χ0) is 15.5. The highest BCUT2D eigenvalue weighted by Gasteiger charge is 2.20. The van der Waals surface area contributed by atoms with Gasteiger partial charge in [0.1, 0.15) is 10.7 Å². The van der Waals surface area contributed by atoms with Crippen LogP contribution in [0.5, 0.6) is 0 Å². The molecule has 0 bridgehead atoms. The third-order valence-electron chi connectivity index (χ3n) is 3.82. The van der Waals surface area contributed by atoms with E-state index in [2.05, 4.69) is 37.6 Å². The van der Waals surface area contributed by atoms with Gasteiger partial charge in [0, 0.05) is 17.2 Å². The molecular weight excluding hydrogens is 356 g/mol. The summed E-state index contributed by atoms with van der Waals surface area (Å²) in [6, 6.07) is 1.47. The van der Waals surface area contributed by atoms with E-state index in [-0.39, 0.29) is 10.7 Å². The Kier molecular flexibility index (Phi) is 5.59. The number of hydrogen-bond donors (Lipinski definition) is 2. The van der Waals surface area contributed by atoms with Crippen LogP contribution in [0, 0.1) is 5.92 Å². The maximum Gasteiger partial charge on any atom is 0.244 e. The summed E-state index contributed by atoms with van der Waals surface area (Å²) in [4.78, 5) is 6.19. The van der Waals surface area contributed by atoms with Gasteiger partial charge in [-0.1, -0.05) is 0 Å². The van der Waals surface area contributed by atoms with E-state index in [1.807, 2.05) is 0 Å². The van der Waals surface area contributed by atoms with Gasteiger partial charge in [0.2, 0.25) is 10.0 Å². The van der Waals surface area contributed by atoms with E-state index < -0.39 is 10.0 Å². The molecule has 2 heterocycles. The minimum Gasteiger partial charge on any atom is -0.383 e. The molecular formula is C13H21BrN4O2S. The largest absolute Gasteiger partial charge is 0.383 e. The molecule has 1 aliphatic rings. The summed E-state index contributed by atoms with van der Waals surface area (Å²) in [5.74, 6) is 0.604. The van der Waals surface area contributed by atoms with Crippen molar-refractivity contribution in [3.05, 3.63) is 16.7 Å². The van der Waals surface area contributed by atoms with Crippen LogP contribution in [0.4, 0.5) is 5.82 Å². The Balaban J connectivity index is 1.91. The van der Waals surface area contributed by atoms with Crippen LogP contribution >= 0.6 is 15.9 Å². The lowest BCUT2D eigenvalue weighted by Crippen LogP contribution is -2.33. The van der Waals surface area contributed by atoms with Crippen molar-refractivity contribution in [2.75, 3.05) is 32.4 Å². The number of aromatic nitrogens is 1. The van der Waals surface area contributed by atoms with Crippen molar-refractivity contribution in [1.29, 1.82) is 0 Å². The van der Waals surface area contributed by atoms with Gasteiger partial charge < -0.3 is 10.6 Å². The third kappa shape index (κ3) is 4.64. The lowest BCUT2D eigenvalue weighted by molar-refractivity contribution is 0.213. The Bertz CT molecular complexity index is 586. The fraction of sp³-hybridized carbons (Fsp3) is 0.615. The topological polar surface area (TPSA) is 88.3 Å². The minimum atomic E-state index is -3.60. The number of likely N-dealkylation sites (tertiary alicyclic amines) is 1. The molecule has 0 spiro atoms. The number of rotatable bonds is 5. The number of pyridine rings is 1. The smallest absolute Gasteiger partial charge is 0.244 e. The predicted octanol–water partition coefficient (Wildman–Crippen LogP) is 1.44. The van der Waals surface area contributed by atoms with E-state index in [1.165, 1.54) is 12.3 Å². The number of nitrogen functional groups attached to an aromatic ring is 1. The van der Waals surface area contributed by atoms with Crippen LogP contribution in [0.25, 0.3) is 0 Å². The molecule has 1 aromatic rings. The molecule has 118 valence electrons. The molecule has 3 N–H and O–H groups in total. The summed E-state index contributed by atoms with van der Waals surface area (Å²) in [7, 11) is -1.49. The van der Waals surface area contributed by atoms with Crippen molar-refractivity contribution in [2.24, 2.45) is 5.92 Å². The molecule has 0 radical (unpaired) electrons. The van der Waals surface area contributed by atoms with Crippen molar-refractivity contribution >= 4 is 31.8 Å². The van der Waals surface area contributed by atoms with E-state index in [0.29, 0.717) is 16.9 Å². The quantitative estimate of drug-likeness (QED) is 0.811. The number of anilines is 1. The van der Waals surface area contributed by atoms with Crippen LogP contribution in [-0.4, -0.2) is 45.0 Å². The van der Waals surface area contributed by atoms with Gasteiger partial charge in [-0.15, -0.1) is 0 Å². The second-order valence-electron chi connectivity index (χ2n) is 5.47. The van der Waals surface area contributed by atoms with Crippen LogP contribution in [0.1, 0.15) is 19.3 Å². The maximum atomic E-state index is 12.2. The molecule has 1 fully saturated rings. The van der Waals surface area contributed by atoms with Crippen molar-refractivity contribution in [2.45, 2.75) is 24.2 Å². The van der Waals surface area contributed by atoms with Crippen molar-refractivity contribution in [1.82, 2.24) is 14.6 Å². The fourth-order valence-electron chi connectivity index (χ4n) is 2.47. The van der Waals surface area contributed by atoms with Crippen LogP contribution in [0.3, 0.4) is 0 Å². The highest BCUT2D eigenvalue weighted by atomic mass is 79.9. The summed E-state index contributed by atoms with van der Waals surface area (Å²) in [6.45, 7) is 2.60. The molecule has 0 aliphatic carbocycles. The van der Waals surface area contributed by atoms with Gasteiger partial charge in [-0.3, -0.25) is 0 Å². The zero-order valence-electron chi connectivity index (χ0n) is 12.0. The van der Waals surface area contributed by atoms with Gasteiger partial charge in [-0.05, 0) is 67.3 Å². The van der Waals surface area contributed by atoms with Crippen molar-refractivity contribution < 1.29 is 8.42 Å². The van der Waals surface area contributed by atoms with Gasteiger partial charge in [-0.25, -0.2) is 18.1 Å². The Morgan fingerprint density at radius 2 is 2.14 bits per heavy atom. The lowest BCUT2D eigenvalue weighted by Gasteiger charge is -2.28. The van der Waals surface area contributed by atoms with Crippen LogP contribution in [0.2, 0.25) is 0 Å². The van der Waals surface area contributed by atoms with E-state index in [1.54, 1.807) is 0 Å². The Hall–Kier alpha value is -0.700. The number of halogens is 1. The fourth-order valence-corrected chi connectivity index (χ4v) is 4.11. The number of sulfonamides is 1. The summed E-state index contributed by atoms with van der Waals surface area (Å²) in [5.41, 5.74) is 5.65. The van der Waals surface area contributed by atoms with Crippen LogP contribution < -0.4 is 10.5 Å². The standard InChI is InChI=1S/C13H21BrN4O2S/c1-18-6-3-10(4-7-18)2-5-17-21(19,20)12-8-11(14)9-16-13(12)15/h8-10,17H,2-7H2,1H3,(H2,15,16). The highest BCUT2D eigenvalue weighted by molar-refractivity contribution is 9.10. The maximum absolute atomic E-state index is 12.2. The van der Waals surface area contributed by atoms with Gasteiger partial charge in [0.25, 0.3) is 0 Å². The van der Waals surface area contributed by atoms with Gasteiger partial charge >= 0.3 is 0 Å². The van der Waals surface area contributed by atoms with Crippen LogP contribution in [0.15, 0.2) is 21.6 Å². The molecule has 1 aliphatic heterocycles. The molecule has 1 aromatic heterocycles. The molecule has 0 aromatic carbocycles. The van der Waals surface area contributed by atoms with Crippen molar-refractivity contribution in [3.63, 3.8) is 0 Å². The molecule has 0 saturated carbocycles. The SMILES string of the molecule is CN1CCC(CCNS(=O)(=O)c2cc(Br)cnc2N)CC1. The number of hydrogen-bond acceptors (Lipinski definition) is 5. The van der Waals surface area contributed by atoms with Gasteiger partial charge in [-0.2, -0.15) is 0 Å². The van der Waals surface area contributed by atoms with Gasteiger partial charge in [0.15, 0.2) is 0 Å². The first kappa shape index (κ1) is 16.7. The summed E-state index contributed by atoms with van der Waals surface area (Å²) >= 11 is 3.21. The Morgan fingerprint density at radius 3 is 2.81 bits per heavy atom. The van der Waals surface area contributed by atoms with Crippen molar-refractivity contribution in [3.8, 4) is 0 Å². The molecule has 1 saturated heterocycles. The summed E-state index contributed by atoms with van der Waals surface area (Å²) < 4.78 is 27.7. The van der Waals surface area contributed by atoms with Crippen LogP contribution in [-0.2, 0) is 10.0 Å². The summed E-state index contributed by atoms with van der Waals surface area (Å²) in [6.07, 6.45) is 4.58. The monoisotopic (exact) mass is 376 g/mol. The number of nitrogens with two attached hydrogens (primary N) is 1. The van der Waals surface area contributed by atoms with E-state index in [4.69, 9.17) is 5.73 Å². The number of nitrogens with one attached hydrogen (secondary N) is 1. The average molecular weight is 377 g/mol. The first-order valence-corrected chi connectivity index (χ1v) is 9.25. The molecule has 8 heteroatoms. The average Bonchev–Trinajstić information content (AvgIpc) is 2.43. The molecule has 0 atom stereocenters. The zero-order valence-corrected chi connectivity index (χ0v) is 14.5. The van der Waals surface area contributed by atoms with E-state index >= 15 is 0 Å². The Morgan fingerprint density at radius 1 is 1.48 bits per heavy atom. The molecule has 21 heavy (non-hydrogen) atoms. The number of piperidine rings is 1. The Labute approximate surface area is 134 Å². The van der Waals surface area contributed by atoms with E-state index in [9.17, 15) is 8.42 Å². The first-order chi connectivity index (χ1) is 9.88. The predicted molar refractivity (Wildman–Crippen MR) is 86.4 cm³/mol. The molecule has 6 nitrogen and oxygen atoms in total.